The number of halogens is 3. The number of pyridine rings is 1. The van der Waals surface area contributed by atoms with Crippen molar-refractivity contribution in [2.75, 3.05) is 13.1 Å². The minimum Gasteiger partial charge on any atom is -0.473 e. The van der Waals surface area contributed by atoms with Crippen LogP contribution < -0.4 is 4.74 Å². The average molecular weight is 428 g/mol. The lowest BCUT2D eigenvalue weighted by Crippen LogP contribution is -2.31. The molecule has 3 rings (SSSR count). The van der Waals surface area contributed by atoms with Crippen molar-refractivity contribution >= 4 is 10.0 Å². The van der Waals surface area contributed by atoms with E-state index in [2.05, 4.69) is 4.98 Å². The Kier molecular flexibility index (Phi) is 5.66. The lowest BCUT2D eigenvalue weighted by Gasteiger charge is -2.21. The summed E-state index contributed by atoms with van der Waals surface area (Å²) in [5.41, 5.74) is 0.0749. The predicted molar refractivity (Wildman–Crippen MR) is 102 cm³/mol. The molecular weight excluding hydrogens is 405 g/mol. The van der Waals surface area contributed by atoms with Crippen molar-refractivity contribution in [1.29, 1.82) is 0 Å². The fourth-order valence-electron chi connectivity index (χ4n) is 3.11. The molecule has 2 aromatic rings. The highest BCUT2D eigenvalue weighted by molar-refractivity contribution is 7.89. The van der Waals surface area contributed by atoms with Gasteiger partial charge in [0, 0.05) is 18.8 Å². The van der Waals surface area contributed by atoms with E-state index in [9.17, 15) is 21.6 Å². The zero-order valence-corrected chi connectivity index (χ0v) is 17.2. The molecule has 1 aromatic heterocycles. The van der Waals surface area contributed by atoms with Crippen LogP contribution in [-0.4, -0.2) is 36.9 Å². The molecule has 0 N–H and O–H groups in total. The molecule has 1 aliphatic heterocycles. The van der Waals surface area contributed by atoms with E-state index in [1.807, 2.05) is 20.8 Å². The Morgan fingerprint density at radius 2 is 1.72 bits per heavy atom. The molecule has 0 spiro atoms. The SMILES string of the molecule is CC(C)(C)c1ccc(S(=O)(=O)N2CCC(Oc3cc(C(F)(F)F)ccn3)C2)cc1. The lowest BCUT2D eigenvalue weighted by atomic mass is 9.87. The van der Waals surface area contributed by atoms with Crippen LogP contribution in [0.2, 0.25) is 0 Å². The summed E-state index contributed by atoms with van der Waals surface area (Å²) in [4.78, 5) is 3.99. The first-order chi connectivity index (χ1) is 13.4. The quantitative estimate of drug-likeness (QED) is 0.731. The second-order valence-corrected chi connectivity index (χ2v) is 9.98. The van der Waals surface area contributed by atoms with E-state index in [0.29, 0.717) is 6.42 Å². The number of benzene rings is 1. The molecule has 0 bridgehead atoms. The predicted octanol–water partition coefficient (Wildman–Crippen LogP) is 4.24. The van der Waals surface area contributed by atoms with Gasteiger partial charge in [0.2, 0.25) is 15.9 Å². The number of rotatable bonds is 4. The summed E-state index contributed by atoms with van der Waals surface area (Å²) in [5, 5.41) is 0. The van der Waals surface area contributed by atoms with Gasteiger partial charge in [-0.15, -0.1) is 0 Å². The maximum absolute atomic E-state index is 12.9. The molecule has 1 saturated heterocycles. The molecule has 1 unspecified atom stereocenters. The van der Waals surface area contributed by atoms with Gasteiger partial charge in [0.25, 0.3) is 0 Å². The van der Waals surface area contributed by atoms with Gasteiger partial charge in [-0.3, -0.25) is 0 Å². The summed E-state index contributed by atoms with van der Waals surface area (Å²) in [6, 6.07) is 8.44. The van der Waals surface area contributed by atoms with Crippen LogP contribution in [0.1, 0.15) is 38.3 Å². The minimum atomic E-state index is -4.49. The monoisotopic (exact) mass is 428 g/mol. The Balaban J connectivity index is 1.70. The fraction of sp³-hybridized carbons (Fsp3) is 0.450. The van der Waals surface area contributed by atoms with Crippen molar-refractivity contribution in [3.63, 3.8) is 0 Å². The Morgan fingerprint density at radius 1 is 1.07 bits per heavy atom. The second-order valence-electron chi connectivity index (χ2n) is 8.05. The number of ether oxygens (including phenoxy) is 1. The van der Waals surface area contributed by atoms with Gasteiger partial charge in [0.15, 0.2) is 0 Å². The normalized spacial score (nSPS) is 18.8. The van der Waals surface area contributed by atoms with Crippen LogP contribution in [0.4, 0.5) is 13.2 Å². The highest BCUT2D eigenvalue weighted by Gasteiger charge is 2.35. The molecule has 0 radical (unpaired) electrons. The summed E-state index contributed by atoms with van der Waals surface area (Å²) in [6.07, 6.45) is -3.66. The summed E-state index contributed by atoms with van der Waals surface area (Å²) >= 11 is 0. The van der Waals surface area contributed by atoms with Crippen LogP contribution in [0.3, 0.4) is 0 Å². The Hall–Kier alpha value is -2.13. The molecule has 1 aromatic carbocycles. The third kappa shape index (κ3) is 4.90. The first-order valence-corrected chi connectivity index (χ1v) is 10.6. The van der Waals surface area contributed by atoms with Gasteiger partial charge in [-0.1, -0.05) is 32.9 Å². The van der Waals surface area contributed by atoms with E-state index in [1.54, 1.807) is 24.3 Å². The van der Waals surface area contributed by atoms with E-state index < -0.39 is 27.9 Å². The number of aromatic nitrogens is 1. The van der Waals surface area contributed by atoms with Crippen LogP contribution in [0.15, 0.2) is 47.5 Å². The second kappa shape index (κ2) is 7.60. The minimum absolute atomic E-state index is 0.0568. The topological polar surface area (TPSA) is 59.5 Å². The molecule has 1 aliphatic rings. The maximum Gasteiger partial charge on any atom is 0.416 e. The Bertz CT molecular complexity index is 968. The van der Waals surface area contributed by atoms with Gasteiger partial charge in [0.1, 0.15) is 6.10 Å². The molecule has 1 fully saturated rings. The number of alkyl halides is 3. The number of hydrogen-bond acceptors (Lipinski definition) is 4. The van der Waals surface area contributed by atoms with Crippen molar-refractivity contribution in [3.05, 3.63) is 53.7 Å². The Morgan fingerprint density at radius 3 is 2.31 bits per heavy atom. The third-order valence-electron chi connectivity index (χ3n) is 4.82. The number of hydrogen-bond donors (Lipinski definition) is 0. The lowest BCUT2D eigenvalue weighted by molar-refractivity contribution is -0.137. The van der Waals surface area contributed by atoms with E-state index >= 15 is 0 Å². The van der Waals surface area contributed by atoms with Crippen molar-refractivity contribution in [2.24, 2.45) is 0 Å². The zero-order chi connectivity index (χ0) is 21.4. The Labute approximate surface area is 168 Å². The molecule has 158 valence electrons. The summed E-state index contributed by atoms with van der Waals surface area (Å²) in [6.45, 7) is 6.41. The van der Waals surface area contributed by atoms with Gasteiger partial charge in [-0.05, 0) is 35.6 Å². The molecule has 29 heavy (non-hydrogen) atoms. The smallest absolute Gasteiger partial charge is 0.416 e. The van der Waals surface area contributed by atoms with Crippen LogP contribution >= 0.6 is 0 Å². The van der Waals surface area contributed by atoms with Gasteiger partial charge in [-0.2, -0.15) is 17.5 Å². The van der Waals surface area contributed by atoms with Gasteiger partial charge < -0.3 is 4.74 Å². The molecule has 9 heteroatoms. The molecule has 2 heterocycles. The molecular formula is C20H23F3N2O3S. The highest BCUT2D eigenvalue weighted by atomic mass is 32.2. The average Bonchev–Trinajstić information content (AvgIpc) is 3.10. The van der Waals surface area contributed by atoms with Crippen LogP contribution in [-0.2, 0) is 21.6 Å². The zero-order valence-electron chi connectivity index (χ0n) is 16.4. The van der Waals surface area contributed by atoms with Crippen molar-refractivity contribution in [1.82, 2.24) is 9.29 Å². The standard InChI is InChI=1S/C20H23F3N2O3S/c1-19(2,3)14-4-6-17(7-5-14)29(26,27)25-11-9-16(13-25)28-18-12-15(8-10-24-18)20(21,22)23/h4-8,10,12,16H,9,11,13H2,1-3H3. The number of sulfonamides is 1. The van der Waals surface area contributed by atoms with Gasteiger partial charge >= 0.3 is 6.18 Å². The van der Waals surface area contributed by atoms with Gasteiger partial charge in [0.05, 0.1) is 17.0 Å². The van der Waals surface area contributed by atoms with E-state index in [1.165, 1.54) is 4.31 Å². The highest BCUT2D eigenvalue weighted by Crippen LogP contribution is 2.31. The van der Waals surface area contributed by atoms with Crippen LogP contribution in [0, 0.1) is 0 Å². The molecule has 5 nitrogen and oxygen atoms in total. The van der Waals surface area contributed by atoms with E-state index in [4.69, 9.17) is 4.74 Å². The van der Waals surface area contributed by atoms with E-state index in [0.717, 1.165) is 23.9 Å². The summed E-state index contributed by atoms with van der Waals surface area (Å²) < 4.78 is 71.0. The van der Waals surface area contributed by atoms with Crippen molar-refractivity contribution in [2.45, 2.75) is 49.8 Å². The third-order valence-corrected chi connectivity index (χ3v) is 6.69. The van der Waals surface area contributed by atoms with Crippen molar-refractivity contribution < 1.29 is 26.3 Å². The molecule has 0 aliphatic carbocycles. The fourth-order valence-corrected chi connectivity index (χ4v) is 4.60. The first-order valence-electron chi connectivity index (χ1n) is 9.18. The van der Waals surface area contributed by atoms with Crippen molar-refractivity contribution in [3.8, 4) is 5.88 Å². The molecule has 0 amide bonds. The van der Waals surface area contributed by atoms with Gasteiger partial charge in [-0.25, -0.2) is 13.4 Å². The van der Waals surface area contributed by atoms with E-state index in [-0.39, 0.29) is 29.3 Å². The maximum atomic E-state index is 12.9. The number of nitrogens with zero attached hydrogens (tertiary/aromatic N) is 2. The summed E-state index contributed by atoms with van der Waals surface area (Å²) in [7, 11) is -3.70. The summed E-state index contributed by atoms with van der Waals surface area (Å²) in [5.74, 6) is -0.168. The van der Waals surface area contributed by atoms with Crippen LogP contribution in [0.5, 0.6) is 5.88 Å². The molecule has 0 saturated carbocycles. The first kappa shape index (κ1) is 21.6. The molecule has 1 atom stereocenters. The largest absolute Gasteiger partial charge is 0.473 e. The van der Waals surface area contributed by atoms with Crippen LogP contribution in [0.25, 0.3) is 0 Å².